The number of ether oxygens (including phenoxy) is 1. The van der Waals surface area contributed by atoms with Crippen molar-refractivity contribution >= 4 is 32.6 Å². The summed E-state index contributed by atoms with van der Waals surface area (Å²) in [5.41, 5.74) is 5.16. The monoisotopic (exact) mass is 424 g/mol. The Bertz CT molecular complexity index is 1000. The van der Waals surface area contributed by atoms with E-state index in [1.165, 1.54) is 10.9 Å². The highest BCUT2D eigenvalue weighted by Gasteiger charge is 2.37. The maximum absolute atomic E-state index is 11.5. The predicted molar refractivity (Wildman–Crippen MR) is 79.3 cm³/mol. The van der Waals surface area contributed by atoms with E-state index in [1.54, 1.807) is 0 Å². The van der Waals surface area contributed by atoms with Crippen molar-refractivity contribution in [2.75, 3.05) is 12.3 Å². The Hall–Kier alpha value is -1.67. The SMILES string of the molecule is Nc1[nH]c(=O)nc2c1ncn2[C@H]1C[C@H](O)[C@@H](COP(=O)([O-])OP(=O)([O-])[O-])O1. The summed E-state index contributed by atoms with van der Waals surface area (Å²) in [4.78, 5) is 53.4. The molecule has 0 spiro atoms. The number of H-pyrrole nitrogens is 1. The highest BCUT2D eigenvalue weighted by molar-refractivity contribution is 7.58. The van der Waals surface area contributed by atoms with Gasteiger partial charge in [0, 0.05) is 6.42 Å². The number of fused-ring (bicyclic) bond motifs is 1. The van der Waals surface area contributed by atoms with Gasteiger partial charge in [0.05, 0.1) is 26.9 Å². The molecule has 4 N–H and O–H groups in total. The number of aliphatic hydroxyl groups excluding tert-OH is 1. The molecule has 1 aliphatic heterocycles. The number of imidazole rings is 1. The number of aromatic nitrogens is 4. The minimum absolute atomic E-state index is 0.0220. The number of hydrogen-bond acceptors (Lipinski definition) is 13. The third kappa shape index (κ3) is 4.60. The van der Waals surface area contributed by atoms with E-state index in [-0.39, 0.29) is 23.4 Å². The minimum Gasteiger partial charge on any atom is -0.790 e. The van der Waals surface area contributed by atoms with Gasteiger partial charge in [0.15, 0.2) is 5.65 Å². The fourth-order valence-corrected chi connectivity index (χ4v) is 4.01. The van der Waals surface area contributed by atoms with Crippen molar-refractivity contribution in [3.63, 3.8) is 0 Å². The lowest BCUT2D eigenvalue weighted by atomic mass is 10.2. The third-order valence-electron chi connectivity index (χ3n) is 3.58. The van der Waals surface area contributed by atoms with Crippen LogP contribution in [0.2, 0.25) is 0 Å². The van der Waals surface area contributed by atoms with Crippen LogP contribution in [0.5, 0.6) is 0 Å². The summed E-state index contributed by atoms with van der Waals surface area (Å²) in [5.74, 6) is -0.0220. The molecule has 1 saturated heterocycles. The van der Waals surface area contributed by atoms with Gasteiger partial charge in [0.25, 0.3) is 7.82 Å². The second-order valence-corrected chi connectivity index (χ2v) is 8.18. The smallest absolute Gasteiger partial charge is 0.348 e. The van der Waals surface area contributed by atoms with Gasteiger partial charge in [-0.05, 0) is 0 Å². The average Bonchev–Trinajstić information content (AvgIpc) is 3.06. The van der Waals surface area contributed by atoms with Crippen molar-refractivity contribution in [2.24, 2.45) is 0 Å². The van der Waals surface area contributed by atoms with Crippen molar-refractivity contribution in [1.29, 1.82) is 0 Å². The normalized spacial score (nSPS) is 25.7. The molecule has 1 fully saturated rings. The zero-order valence-corrected chi connectivity index (χ0v) is 14.9. The topological polar surface area (TPSA) is 241 Å². The van der Waals surface area contributed by atoms with Crippen LogP contribution < -0.4 is 26.1 Å². The van der Waals surface area contributed by atoms with E-state index in [1.807, 2.05) is 0 Å². The van der Waals surface area contributed by atoms with Crippen LogP contribution in [0.4, 0.5) is 5.82 Å². The van der Waals surface area contributed by atoms with Gasteiger partial charge >= 0.3 is 5.69 Å². The van der Waals surface area contributed by atoms with E-state index >= 15 is 0 Å². The van der Waals surface area contributed by atoms with E-state index < -0.39 is 46.4 Å². The molecule has 0 aliphatic carbocycles. The number of aromatic amines is 1. The van der Waals surface area contributed by atoms with Gasteiger partial charge in [0.2, 0.25) is 0 Å². The van der Waals surface area contributed by atoms with Gasteiger partial charge in [0.1, 0.15) is 23.7 Å². The van der Waals surface area contributed by atoms with Crippen LogP contribution in [0.1, 0.15) is 12.6 Å². The lowest BCUT2D eigenvalue weighted by Crippen LogP contribution is -2.28. The van der Waals surface area contributed by atoms with Crippen molar-refractivity contribution in [3.05, 3.63) is 16.8 Å². The molecule has 0 aromatic carbocycles. The molecule has 150 valence electrons. The molecule has 2 aromatic rings. The number of phosphoric ester groups is 1. The molecule has 15 nitrogen and oxygen atoms in total. The van der Waals surface area contributed by atoms with Crippen LogP contribution >= 0.6 is 15.6 Å². The Labute approximate surface area is 149 Å². The number of nitrogens with one attached hydrogen (secondary N) is 1. The van der Waals surface area contributed by atoms with Crippen LogP contribution in [0.15, 0.2) is 11.1 Å². The van der Waals surface area contributed by atoms with E-state index in [4.69, 9.17) is 10.5 Å². The number of phosphoric acid groups is 2. The standard InChI is InChI=1S/C10H15N5O10P2/c11-8-7-9(14-10(17)13-8)15(3-12-7)6-1-4(16)5(24-6)2-23-27(21,22)25-26(18,19)20/h3-6,16H,1-2H2,(H,21,22)(H2,18,19,20)(H3,11,13,14,17)/p-3/t4-,5+,6+/m0/s1. The van der Waals surface area contributed by atoms with E-state index in [0.29, 0.717) is 0 Å². The molecular weight excluding hydrogens is 412 g/mol. The molecule has 4 atom stereocenters. The Balaban J connectivity index is 1.73. The molecule has 0 radical (unpaired) electrons. The van der Waals surface area contributed by atoms with Crippen LogP contribution in [0, 0.1) is 0 Å². The number of rotatable bonds is 6. The molecule has 0 amide bonds. The molecular formula is C10H12N5O10P2-3. The number of nitrogen functional groups attached to an aromatic ring is 1. The fraction of sp³-hybridized carbons (Fsp3) is 0.500. The lowest BCUT2D eigenvalue weighted by Gasteiger charge is -2.35. The highest BCUT2D eigenvalue weighted by atomic mass is 31.3. The summed E-state index contributed by atoms with van der Waals surface area (Å²) in [5, 5.41) is 10.0. The van der Waals surface area contributed by atoms with Gasteiger partial charge in [-0.3, -0.25) is 18.4 Å². The van der Waals surface area contributed by atoms with E-state index in [2.05, 4.69) is 23.8 Å². The zero-order chi connectivity index (χ0) is 20.0. The molecule has 17 heteroatoms. The molecule has 0 bridgehead atoms. The van der Waals surface area contributed by atoms with Gasteiger partial charge in [-0.2, -0.15) is 4.98 Å². The van der Waals surface area contributed by atoms with Gasteiger partial charge in [-0.25, -0.2) is 9.78 Å². The van der Waals surface area contributed by atoms with E-state index in [9.17, 15) is 33.7 Å². The second kappa shape index (κ2) is 7.05. The van der Waals surface area contributed by atoms with Crippen molar-refractivity contribution in [1.82, 2.24) is 19.5 Å². The molecule has 0 saturated carbocycles. The molecule has 3 heterocycles. The van der Waals surface area contributed by atoms with Crippen molar-refractivity contribution in [3.8, 4) is 0 Å². The molecule has 27 heavy (non-hydrogen) atoms. The summed E-state index contributed by atoms with van der Waals surface area (Å²) in [6.45, 7) is -0.818. The van der Waals surface area contributed by atoms with Crippen molar-refractivity contribution in [2.45, 2.75) is 24.9 Å². The quantitative estimate of drug-likeness (QED) is 0.385. The van der Waals surface area contributed by atoms with Gasteiger partial charge < -0.3 is 39.3 Å². The maximum Gasteiger partial charge on any atom is 0.348 e. The highest BCUT2D eigenvalue weighted by Crippen LogP contribution is 2.50. The summed E-state index contributed by atoms with van der Waals surface area (Å²) >= 11 is 0. The first-order chi connectivity index (χ1) is 12.5. The van der Waals surface area contributed by atoms with Crippen LogP contribution in [-0.2, 0) is 22.7 Å². The van der Waals surface area contributed by atoms with Crippen LogP contribution in [0.25, 0.3) is 11.2 Å². The first-order valence-electron chi connectivity index (χ1n) is 7.20. The lowest BCUT2D eigenvalue weighted by molar-refractivity contribution is -0.339. The number of nitrogens with two attached hydrogens (primary N) is 1. The van der Waals surface area contributed by atoms with Gasteiger partial charge in [-0.1, -0.05) is 0 Å². The van der Waals surface area contributed by atoms with Crippen LogP contribution in [-0.4, -0.2) is 43.4 Å². The number of aliphatic hydroxyl groups is 1. The maximum atomic E-state index is 11.5. The summed E-state index contributed by atoms with van der Waals surface area (Å²) in [6, 6.07) is 0. The summed E-state index contributed by atoms with van der Waals surface area (Å²) in [6.07, 6.45) is -2.13. The largest absolute Gasteiger partial charge is 0.790 e. The summed E-state index contributed by atoms with van der Waals surface area (Å²) in [7, 11) is -11.3. The first-order valence-corrected chi connectivity index (χ1v) is 10.1. The zero-order valence-electron chi connectivity index (χ0n) is 13.2. The minimum atomic E-state index is -5.82. The third-order valence-corrected chi connectivity index (χ3v) is 5.65. The molecule has 3 rings (SSSR count). The Morgan fingerprint density at radius 1 is 1.44 bits per heavy atom. The fourth-order valence-electron chi connectivity index (χ4n) is 2.51. The molecule has 1 unspecified atom stereocenters. The van der Waals surface area contributed by atoms with Gasteiger partial charge in [-0.15, -0.1) is 0 Å². The van der Waals surface area contributed by atoms with Crippen LogP contribution in [0.3, 0.4) is 0 Å². The number of hydrogen-bond donors (Lipinski definition) is 3. The summed E-state index contributed by atoms with van der Waals surface area (Å²) < 4.78 is 35.9. The first kappa shape index (κ1) is 20.1. The number of anilines is 1. The van der Waals surface area contributed by atoms with E-state index in [0.717, 1.165) is 0 Å². The molecule has 2 aromatic heterocycles. The van der Waals surface area contributed by atoms with Crippen molar-refractivity contribution < 1.29 is 42.5 Å². The Morgan fingerprint density at radius 3 is 2.81 bits per heavy atom. The Kier molecular flexibility index (Phi) is 5.24. The number of nitrogens with zero attached hydrogens (tertiary/aromatic N) is 3. The Morgan fingerprint density at radius 2 is 2.15 bits per heavy atom. The molecule has 1 aliphatic rings. The average molecular weight is 424 g/mol. The second-order valence-electron chi connectivity index (χ2n) is 5.48. The predicted octanol–water partition coefficient (Wildman–Crippen LogP) is -3.32.